The zero-order valence-corrected chi connectivity index (χ0v) is 18.9. The third-order valence-electron chi connectivity index (χ3n) is 6.06. The Balaban J connectivity index is 1.52. The minimum atomic E-state index is -4.46. The van der Waals surface area contributed by atoms with Crippen LogP contribution in [0.15, 0.2) is 60.8 Å². The van der Waals surface area contributed by atoms with Crippen molar-refractivity contribution < 1.29 is 18.0 Å². The molecule has 180 valence electrons. The highest BCUT2D eigenvalue weighted by Crippen LogP contribution is 2.36. The quantitative estimate of drug-likeness (QED) is 0.382. The highest BCUT2D eigenvalue weighted by Gasteiger charge is 2.31. The largest absolute Gasteiger partial charge is 0.416 e. The maximum atomic E-state index is 13.4. The smallest absolute Gasteiger partial charge is 0.369 e. The molecular formula is C25H23F3N6O. The van der Waals surface area contributed by atoms with Gasteiger partial charge in [-0.25, -0.2) is 9.78 Å². The lowest BCUT2D eigenvalue weighted by Crippen LogP contribution is -2.36. The van der Waals surface area contributed by atoms with Crippen molar-refractivity contribution in [1.82, 2.24) is 15.2 Å². The molecule has 0 saturated carbocycles. The van der Waals surface area contributed by atoms with E-state index in [9.17, 15) is 18.0 Å². The van der Waals surface area contributed by atoms with E-state index >= 15 is 0 Å². The zero-order valence-electron chi connectivity index (χ0n) is 18.9. The fourth-order valence-electron chi connectivity index (χ4n) is 4.29. The predicted molar refractivity (Wildman–Crippen MR) is 130 cm³/mol. The van der Waals surface area contributed by atoms with Crippen molar-refractivity contribution in [2.75, 3.05) is 34.8 Å². The van der Waals surface area contributed by atoms with Crippen molar-refractivity contribution in [3.05, 3.63) is 66.4 Å². The molecular weight excluding hydrogens is 457 g/mol. The number of nitrogens with zero attached hydrogens (tertiary/aromatic N) is 4. The van der Waals surface area contributed by atoms with Gasteiger partial charge in [-0.05, 0) is 55.8 Å². The van der Waals surface area contributed by atoms with Crippen LogP contribution in [0.1, 0.15) is 18.9 Å². The Hall–Kier alpha value is -4.08. The summed E-state index contributed by atoms with van der Waals surface area (Å²) in [7, 11) is 0. The fraction of sp³-hybridized carbons (Fsp3) is 0.240. The van der Waals surface area contributed by atoms with Gasteiger partial charge in [0.05, 0.1) is 28.7 Å². The van der Waals surface area contributed by atoms with Gasteiger partial charge in [0.25, 0.3) is 0 Å². The normalized spacial score (nSPS) is 14.1. The van der Waals surface area contributed by atoms with Crippen LogP contribution >= 0.6 is 0 Å². The molecule has 0 spiro atoms. The molecule has 7 nitrogen and oxygen atoms in total. The number of carbonyl (C=O) groups is 1. The lowest BCUT2D eigenvalue weighted by Gasteiger charge is -2.25. The summed E-state index contributed by atoms with van der Waals surface area (Å²) in [6.45, 7) is 3.88. The molecule has 0 bridgehead atoms. The minimum absolute atomic E-state index is 0.334. The number of hydrogen-bond acceptors (Lipinski definition) is 4. The van der Waals surface area contributed by atoms with Crippen LogP contribution in [-0.4, -0.2) is 40.8 Å². The molecule has 0 atom stereocenters. The molecule has 2 aromatic carbocycles. The molecule has 1 aliphatic rings. The first-order valence-electron chi connectivity index (χ1n) is 11.3. The SMILES string of the molecule is CCN1CCCN(C(=O)Nc2ccc3[nH]ncc3c2)c2nc(-c3cccc(C(F)(F)F)c3)ccc21. The number of rotatable bonds is 3. The van der Waals surface area contributed by atoms with Gasteiger partial charge in [0.1, 0.15) is 0 Å². The Morgan fingerprint density at radius 1 is 1.11 bits per heavy atom. The second kappa shape index (κ2) is 8.94. The number of H-pyrrole nitrogens is 1. The van der Waals surface area contributed by atoms with E-state index in [0.717, 1.165) is 41.7 Å². The molecule has 2 amide bonds. The van der Waals surface area contributed by atoms with Crippen LogP contribution in [0.25, 0.3) is 22.2 Å². The van der Waals surface area contributed by atoms with E-state index in [1.165, 1.54) is 6.07 Å². The van der Waals surface area contributed by atoms with Gasteiger partial charge in [0.2, 0.25) is 0 Å². The monoisotopic (exact) mass is 480 g/mol. The van der Waals surface area contributed by atoms with E-state index < -0.39 is 11.7 Å². The van der Waals surface area contributed by atoms with Crippen LogP contribution in [0.4, 0.5) is 35.2 Å². The Kier molecular flexibility index (Phi) is 5.80. The number of pyridine rings is 1. The summed E-state index contributed by atoms with van der Waals surface area (Å²) in [5, 5.41) is 10.7. The van der Waals surface area contributed by atoms with E-state index in [1.54, 1.807) is 29.3 Å². The zero-order chi connectivity index (χ0) is 24.6. The minimum Gasteiger partial charge on any atom is -0.369 e. The number of nitrogens with one attached hydrogen (secondary N) is 2. The third kappa shape index (κ3) is 4.51. The summed E-state index contributed by atoms with van der Waals surface area (Å²) in [6.07, 6.45) is -2.06. The number of carbonyl (C=O) groups excluding carboxylic acids is 1. The Morgan fingerprint density at radius 2 is 1.97 bits per heavy atom. The van der Waals surface area contributed by atoms with Crippen LogP contribution in [-0.2, 0) is 6.18 Å². The van der Waals surface area contributed by atoms with E-state index in [4.69, 9.17) is 4.98 Å². The first-order valence-corrected chi connectivity index (χ1v) is 11.3. The van der Waals surface area contributed by atoms with E-state index in [2.05, 4.69) is 20.4 Å². The van der Waals surface area contributed by atoms with Crippen molar-refractivity contribution in [1.29, 1.82) is 0 Å². The van der Waals surface area contributed by atoms with Gasteiger partial charge in [-0.3, -0.25) is 10.00 Å². The number of halogens is 3. The average molecular weight is 480 g/mol. The van der Waals surface area contributed by atoms with Gasteiger partial charge in [0, 0.05) is 36.3 Å². The number of aromatic amines is 1. The molecule has 4 aromatic rings. The first kappa shape index (κ1) is 22.7. The molecule has 2 N–H and O–H groups in total. The summed E-state index contributed by atoms with van der Waals surface area (Å²) in [5.74, 6) is 0.418. The summed E-state index contributed by atoms with van der Waals surface area (Å²) < 4.78 is 39.8. The van der Waals surface area contributed by atoms with Crippen LogP contribution < -0.4 is 15.1 Å². The van der Waals surface area contributed by atoms with Gasteiger partial charge in [-0.1, -0.05) is 12.1 Å². The molecule has 3 heterocycles. The van der Waals surface area contributed by atoms with Gasteiger partial charge in [-0.15, -0.1) is 0 Å². The van der Waals surface area contributed by atoms with Crippen molar-refractivity contribution in [3.8, 4) is 11.3 Å². The van der Waals surface area contributed by atoms with Crippen LogP contribution in [0.3, 0.4) is 0 Å². The maximum absolute atomic E-state index is 13.4. The molecule has 1 aliphatic heterocycles. The molecule has 0 fully saturated rings. The molecule has 10 heteroatoms. The molecule has 0 aliphatic carbocycles. The first-order chi connectivity index (χ1) is 16.8. The molecule has 0 saturated heterocycles. The maximum Gasteiger partial charge on any atom is 0.416 e. The highest BCUT2D eigenvalue weighted by atomic mass is 19.4. The van der Waals surface area contributed by atoms with Gasteiger partial charge < -0.3 is 10.2 Å². The van der Waals surface area contributed by atoms with Crippen molar-refractivity contribution in [2.24, 2.45) is 0 Å². The third-order valence-corrected chi connectivity index (χ3v) is 6.06. The Morgan fingerprint density at radius 3 is 2.77 bits per heavy atom. The number of amides is 2. The molecule has 35 heavy (non-hydrogen) atoms. The van der Waals surface area contributed by atoms with E-state index in [1.807, 2.05) is 25.1 Å². The van der Waals surface area contributed by atoms with Gasteiger partial charge >= 0.3 is 12.2 Å². The second-order valence-electron chi connectivity index (χ2n) is 8.30. The Labute approximate surface area is 199 Å². The number of anilines is 3. The van der Waals surface area contributed by atoms with Crippen molar-refractivity contribution in [2.45, 2.75) is 19.5 Å². The molecule has 2 aromatic heterocycles. The topological polar surface area (TPSA) is 77.1 Å². The number of hydrogen-bond donors (Lipinski definition) is 2. The summed E-state index contributed by atoms with van der Waals surface area (Å²) in [5.41, 5.74) is 2.18. The van der Waals surface area contributed by atoms with Gasteiger partial charge in [0.15, 0.2) is 5.82 Å². The summed E-state index contributed by atoms with van der Waals surface area (Å²) in [6, 6.07) is 13.6. The molecule has 5 rings (SSSR count). The van der Waals surface area contributed by atoms with Crippen LogP contribution in [0, 0.1) is 0 Å². The van der Waals surface area contributed by atoms with Crippen molar-refractivity contribution >= 4 is 34.1 Å². The number of fused-ring (bicyclic) bond motifs is 2. The number of alkyl halides is 3. The number of urea groups is 1. The lowest BCUT2D eigenvalue weighted by atomic mass is 10.1. The summed E-state index contributed by atoms with van der Waals surface area (Å²) in [4.78, 5) is 21.7. The molecule has 0 unspecified atom stereocenters. The fourth-order valence-corrected chi connectivity index (χ4v) is 4.29. The number of benzene rings is 2. The lowest BCUT2D eigenvalue weighted by molar-refractivity contribution is -0.137. The highest BCUT2D eigenvalue weighted by molar-refractivity contribution is 6.04. The predicted octanol–water partition coefficient (Wildman–Crippen LogP) is 5.91. The van der Waals surface area contributed by atoms with Crippen LogP contribution in [0.2, 0.25) is 0 Å². The van der Waals surface area contributed by atoms with E-state index in [-0.39, 0.29) is 6.03 Å². The molecule has 0 radical (unpaired) electrons. The van der Waals surface area contributed by atoms with Crippen LogP contribution in [0.5, 0.6) is 0 Å². The van der Waals surface area contributed by atoms with E-state index in [0.29, 0.717) is 35.9 Å². The standard InChI is InChI=1S/C25H23F3N6O/c1-2-33-11-4-12-34(24(35)30-19-7-8-21-17(14-19)15-29-32-21)23-22(33)10-9-20(31-23)16-5-3-6-18(13-16)25(26,27)28/h3,5-10,13-15H,2,4,11-12H2,1H3,(H,29,32)(H,30,35). The van der Waals surface area contributed by atoms with Gasteiger partial charge in [-0.2, -0.15) is 18.3 Å². The van der Waals surface area contributed by atoms with Crippen molar-refractivity contribution in [3.63, 3.8) is 0 Å². The second-order valence-corrected chi connectivity index (χ2v) is 8.30. The Bertz CT molecular complexity index is 1380. The summed E-state index contributed by atoms with van der Waals surface area (Å²) >= 11 is 0. The average Bonchev–Trinajstić information content (AvgIpc) is 3.23. The number of aromatic nitrogens is 3.